The van der Waals surface area contributed by atoms with Crippen molar-refractivity contribution < 1.29 is 9.53 Å². The second kappa shape index (κ2) is 4.71. The lowest BCUT2D eigenvalue weighted by Crippen LogP contribution is -2.24. The van der Waals surface area contributed by atoms with E-state index >= 15 is 0 Å². The fourth-order valence-corrected chi connectivity index (χ4v) is 3.27. The van der Waals surface area contributed by atoms with Crippen LogP contribution >= 0.6 is 0 Å². The van der Waals surface area contributed by atoms with Gasteiger partial charge in [-0.05, 0) is 31.5 Å². The van der Waals surface area contributed by atoms with E-state index in [4.69, 9.17) is 11.3 Å². The number of ether oxygens (including phenoxy) is 1. The molecule has 6 nitrogen and oxygen atoms in total. The zero-order valence-corrected chi connectivity index (χ0v) is 12.7. The number of aromatic amines is 1. The molecule has 1 atom stereocenters. The highest BCUT2D eigenvalue weighted by Crippen LogP contribution is 2.42. The Balaban J connectivity index is 1.94. The molecule has 3 heterocycles. The van der Waals surface area contributed by atoms with Crippen LogP contribution in [-0.4, -0.2) is 22.8 Å². The average Bonchev–Trinajstić information content (AvgIpc) is 3.09. The molecular weight excluding hydrogens is 292 g/mol. The Morgan fingerprint density at radius 2 is 2.22 bits per heavy atom. The lowest BCUT2D eigenvalue weighted by atomic mass is 9.84. The van der Waals surface area contributed by atoms with Gasteiger partial charge in [-0.1, -0.05) is 6.07 Å². The van der Waals surface area contributed by atoms with Gasteiger partial charge in [-0.15, -0.1) is 0 Å². The lowest BCUT2D eigenvalue weighted by molar-refractivity contribution is -0.136. The van der Waals surface area contributed by atoms with Gasteiger partial charge in [0.1, 0.15) is 6.61 Å². The average molecular weight is 306 g/mol. The topological polar surface area (TPSA) is 71.4 Å². The van der Waals surface area contributed by atoms with Gasteiger partial charge in [-0.25, -0.2) is 9.64 Å². The normalized spacial score (nSPS) is 20.4. The standard InChI is InChI=1S/C17H14N4O2/c1-8-11-6-10(4-5-12(11)21-20-8)14-15-13(7-23-17(15)22)19-9(2)16(14)18-3/h4-6,14,19H,7H2,1-2H3,(H,20,21). The number of carbonyl (C=O) groups is 1. The molecule has 4 rings (SSSR count). The zero-order chi connectivity index (χ0) is 16.1. The molecule has 2 aromatic rings. The van der Waals surface area contributed by atoms with Gasteiger partial charge >= 0.3 is 5.97 Å². The van der Waals surface area contributed by atoms with Gasteiger partial charge in [0.15, 0.2) is 5.70 Å². The fraction of sp³-hybridized carbons (Fsp3) is 0.235. The van der Waals surface area contributed by atoms with Crippen molar-refractivity contribution in [1.82, 2.24) is 15.5 Å². The predicted octanol–water partition coefficient (Wildman–Crippen LogP) is 2.52. The number of carbonyl (C=O) groups excluding carboxylic acids is 1. The number of H-pyrrole nitrogens is 1. The highest BCUT2D eigenvalue weighted by atomic mass is 16.5. The monoisotopic (exact) mass is 306 g/mol. The van der Waals surface area contributed by atoms with E-state index in [-0.39, 0.29) is 12.6 Å². The van der Waals surface area contributed by atoms with Crippen LogP contribution in [0.5, 0.6) is 0 Å². The SMILES string of the molecule is [C-]#[N+]C1=C(C)NC2=C(C(=O)OC2)C1c1ccc2[nH]nc(C)c2c1. The minimum absolute atomic E-state index is 0.236. The second-order valence-corrected chi connectivity index (χ2v) is 5.76. The predicted molar refractivity (Wildman–Crippen MR) is 84.0 cm³/mol. The molecule has 0 radical (unpaired) electrons. The third-order valence-electron chi connectivity index (χ3n) is 4.41. The maximum atomic E-state index is 12.2. The number of nitrogens with one attached hydrogen (secondary N) is 2. The summed E-state index contributed by atoms with van der Waals surface area (Å²) < 4.78 is 5.17. The number of nitrogens with zero attached hydrogens (tertiary/aromatic N) is 2. The fourth-order valence-electron chi connectivity index (χ4n) is 3.27. The van der Waals surface area contributed by atoms with Crippen molar-refractivity contribution in [2.24, 2.45) is 0 Å². The molecule has 23 heavy (non-hydrogen) atoms. The summed E-state index contributed by atoms with van der Waals surface area (Å²) in [6.45, 7) is 11.6. The third-order valence-corrected chi connectivity index (χ3v) is 4.41. The van der Waals surface area contributed by atoms with Crippen LogP contribution < -0.4 is 5.32 Å². The Labute approximate surface area is 132 Å². The number of esters is 1. The van der Waals surface area contributed by atoms with Crippen molar-refractivity contribution in [3.8, 4) is 0 Å². The van der Waals surface area contributed by atoms with Gasteiger partial charge in [0.25, 0.3) is 0 Å². The van der Waals surface area contributed by atoms with Crippen molar-refractivity contribution in [3.63, 3.8) is 0 Å². The Morgan fingerprint density at radius 1 is 1.39 bits per heavy atom. The van der Waals surface area contributed by atoms with E-state index < -0.39 is 5.92 Å². The minimum atomic E-state index is -0.391. The van der Waals surface area contributed by atoms with E-state index in [1.807, 2.05) is 32.0 Å². The van der Waals surface area contributed by atoms with Gasteiger partial charge in [0, 0.05) is 11.1 Å². The summed E-state index contributed by atoms with van der Waals surface area (Å²) in [5.74, 6) is -0.743. The lowest BCUT2D eigenvalue weighted by Gasteiger charge is -2.25. The number of hydrogen-bond donors (Lipinski definition) is 2. The van der Waals surface area contributed by atoms with E-state index in [1.165, 1.54) is 0 Å². The van der Waals surface area contributed by atoms with Crippen LogP contribution in [0.2, 0.25) is 0 Å². The van der Waals surface area contributed by atoms with E-state index in [0.717, 1.165) is 33.6 Å². The van der Waals surface area contributed by atoms with Gasteiger partial charge in [-0.3, -0.25) is 5.10 Å². The molecule has 2 N–H and O–H groups in total. The molecule has 1 aromatic heterocycles. The summed E-state index contributed by atoms with van der Waals surface area (Å²) in [4.78, 5) is 15.8. The highest BCUT2D eigenvalue weighted by molar-refractivity contribution is 5.95. The smallest absolute Gasteiger partial charge is 0.335 e. The molecule has 0 spiro atoms. The number of cyclic esters (lactones) is 1. The number of rotatable bonds is 1. The largest absolute Gasteiger partial charge is 0.456 e. The molecule has 1 aromatic carbocycles. The van der Waals surface area contributed by atoms with Crippen LogP contribution in [0.25, 0.3) is 15.7 Å². The highest BCUT2D eigenvalue weighted by Gasteiger charge is 2.39. The van der Waals surface area contributed by atoms with E-state index in [2.05, 4.69) is 20.4 Å². The molecule has 0 bridgehead atoms. The molecule has 2 aliphatic rings. The molecule has 114 valence electrons. The van der Waals surface area contributed by atoms with Crippen LogP contribution in [0.3, 0.4) is 0 Å². The number of fused-ring (bicyclic) bond motifs is 1. The molecule has 0 saturated heterocycles. The first-order valence-electron chi connectivity index (χ1n) is 7.30. The van der Waals surface area contributed by atoms with Crippen LogP contribution in [0, 0.1) is 13.5 Å². The van der Waals surface area contributed by atoms with Gasteiger partial charge in [0.05, 0.1) is 35.0 Å². The molecule has 0 saturated carbocycles. The number of hydrogen-bond acceptors (Lipinski definition) is 4. The van der Waals surface area contributed by atoms with Crippen molar-refractivity contribution in [2.45, 2.75) is 19.8 Å². The second-order valence-electron chi connectivity index (χ2n) is 5.76. The molecule has 0 aliphatic carbocycles. The minimum Gasteiger partial charge on any atom is -0.456 e. The number of dihydropyridines is 1. The number of aromatic nitrogens is 2. The molecule has 2 aliphatic heterocycles. The summed E-state index contributed by atoms with van der Waals surface area (Å²) in [6, 6.07) is 5.87. The summed E-state index contributed by atoms with van der Waals surface area (Å²) in [6.07, 6.45) is 0. The van der Waals surface area contributed by atoms with E-state index in [1.54, 1.807) is 0 Å². The maximum absolute atomic E-state index is 12.2. The van der Waals surface area contributed by atoms with Crippen molar-refractivity contribution in [3.05, 3.63) is 63.5 Å². The first-order chi connectivity index (χ1) is 11.1. The Morgan fingerprint density at radius 3 is 3.00 bits per heavy atom. The zero-order valence-electron chi connectivity index (χ0n) is 12.7. The van der Waals surface area contributed by atoms with Crippen molar-refractivity contribution in [2.75, 3.05) is 6.61 Å². The maximum Gasteiger partial charge on any atom is 0.335 e. The molecule has 0 fully saturated rings. The molecule has 6 heteroatoms. The number of allylic oxidation sites excluding steroid dienone is 2. The molecular formula is C17H14N4O2. The summed E-state index contributed by atoms with van der Waals surface area (Å²) >= 11 is 0. The summed E-state index contributed by atoms with van der Waals surface area (Å²) in [5.41, 5.74) is 5.34. The van der Waals surface area contributed by atoms with E-state index in [9.17, 15) is 4.79 Å². The Bertz CT molecular complexity index is 959. The van der Waals surface area contributed by atoms with Crippen LogP contribution in [0.4, 0.5) is 0 Å². The summed E-state index contributed by atoms with van der Waals surface area (Å²) in [7, 11) is 0. The quantitative estimate of drug-likeness (QED) is 0.627. The van der Waals surface area contributed by atoms with Gasteiger partial charge < -0.3 is 10.1 Å². The first kappa shape index (κ1) is 13.6. The van der Waals surface area contributed by atoms with Crippen LogP contribution in [0.15, 0.2) is 40.9 Å². The van der Waals surface area contributed by atoms with Gasteiger partial charge in [-0.2, -0.15) is 5.10 Å². The number of benzene rings is 1. The van der Waals surface area contributed by atoms with Crippen LogP contribution in [-0.2, 0) is 9.53 Å². The third kappa shape index (κ3) is 1.87. The van der Waals surface area contributed by atoms with Crippen LogP contribution in [0.1, 0.15) is 24.1 Å². The number of aryl methyl sites for hydroxylation is 1. The van der Waals surface area contributed by atoms with Crippen molar-refractivity contribution in [1.29, 1.82) is 0 Å². The van der Waals surface area contributed by atoms with E-state index in [0.29, 0.717) is 11.3 Å². The molecule has 0 amide bonds. The Kier molecular flexibility index (Phi) is 2.78. The molecule has 1 unspecified atom stereocenters. The van der Waals surface area contributed by atoms with Crippen molar-refractivity contribution >= 4 is 16.9 Å². The Hall–Kier alpha value is -3.07. The summed E-state index contributed by atoms with van der Waals surface area (Å²) in [5, 5.41) is 11.3. The van der Waals surface area contributed by atoms with Gasteiger partial charge in [0.2, 0.25) is 0 Å². The first-order valence-corrected chi connectivity index (χ1v) is 7.30.